The van der Waals surface area contributed by atoms with Crippen LogP contribution in [-0.4, -0.2) is 11.2 Å². The van der Waals surface area contributed by atoms with Crippen LogP contribution in [0.2, 0.25) is 0 Å². The third-order valence-electron chi connectivity index (χ3n) is 3.26. The molecule has 0 atom stereocenters. The molecule has 1 nitrogen and oxygen atoms in total. The largest absolute Gasteiger partial charge is 0.384 e. The molecule has 0 aliphatic rings. The molecule has 0 aliphatic heterocycles. The highest BCUT2D eigenvalue weighted by molar-refractivity contribution is 6.38. The molecule has 0 saturated heterocycles. The highest BCUT2D eigenvalue weighted by atomic mass is 35.5. The molecule has 100 valence electrons. The van der Waals surface area contributed by atoms with Crippen molar-refractivity contribution in [3.63, 3.8) is 0 Å². The van der Waals surface area contributed by atoms with Crippen molar-refractivity contribution in [3.05, 3.63) is 60.2 Å². The van der Waals surface area contributed by atoms with Crippen molar-refractivity contribution in [2.75, 3.05) is 0 Å². The summed E-state index contributed by atoms with van der Waals surface area (Å²) in [5, 5.41) is -1.48. The van der Waals surface area contributed by atoms with Crippen molar-refractivity contribution < 1.29 is 13.6 Å². The molecule has 4 heteroatoms. The average molecular weight is 291 g/mol. The minimum atomic E-state index is -3.91. The minimum Gasteiger partial charge on any atom is -0.286 e. The topological polar surface area (TPSA) is 17.1 Å². The summed E-state index contributed by atoms with van der Waals surface area (Å²) in [7, 11) is 0. The molecule has 0 aromatic heterocycles. The quantitative estimate of drug-likeness (QED) is 0.368. The lowest BCUT2D eigenvalue weighted by atomic mass is 9.94. The van der Waals surface area contributed by atoms with E-state index < -0.39 is 11.2 Å². The normalized spacial score (nSPS) is 11.9. The van der Waals surface area contributed by atoms with Gasteiger partial charge in [-0.2, -0.15) is 8.78 Å². The summed E-state index contributed by atoms with van der Waals surface area (Å²) in [5.41, 5.74) is -0.0290. The minimum absolute atomic E-state index is 0.0290. The fourth-order valence-electron chi connectivity index (χ4n) is 2.40. The van der Waals surface area contributed by atoms with Crippen LogP contribution in [0.4, 0.5) is 8.78 Å². The van der Waals surface area contributed by atoms with Gasteiger partial charge in [0.15, 0.2) is 0 Å². The van der Waals surface area contributed by atoms with Crippen molar-refractivity contribution in [1.29, 1.82) is 0 Å². The molecule has 0 radical (unpaired) electrons. The number of benzene rings is 3. The first-order valence-corrected chi connectivity index (χ1v) is 6.38. The summed E-state index contributed by atoms with van der Waals surface area (Å²) in [5.74, 6) is -1.37. The van der Waals surface area contributed by atoms with E-state index in [1.165, 1.54) is 0 Å². The molecule has 0 fully saturated rings. The van der Waals surface area contributed by atoms with Crippen molar-refractivity contribution in [1.82, 2.24) is 0 Å². The van der Waals surface area contributed by atoms with Crippen LogP contribution >= 0.6 is 11.6 Å². The Labute approximate surface area is 118 Å². The van der Waals surface area contributed by atoms with Crippen LogP contribution in [0.25, 0.3) is 21.5 Å². The fourth-order valence-corrected chi connectivity index (χ4v) is 2.49. The third kappa shape index (κ3) is 2.04. The molecule has 0 N–H and O–H groups in total. The van der Waals surface area contributed by atoms with Crippen molar-refractivity contribution in [2.45, 2.75) is 5.38 Å². The Bertz CT molecular complexity index is 767. The number of rotatable bonds is 2. The first-order valence-electron chi connectivity index (χ1n) is 6.00. The first kappa shape index (κ1) is 13.0. The van der Waals surface area contributed by atoms with Gasteiger partial charge in [-0.3, -0.25) is 4.79 Å². The van der Waals surface area contributed by atoms with Gasteiger partial charge in [-0.05, 0) is 39.2 Å². The second-order valence-electron chi connectivity index (χ2n) is 4.52. The van der Waals surface area contributed by atoms with E-state index in [0.717, 1.165) is 10.8 Å². The maximum Gasteiger partial charge on any atom is 0.384 e. The molecule has 0 heterocycles. The molecular formula is C16H9ClF2O. The summed E-state index contributed by atoms with van der Waals surface area (Å²) in [6.45, 7) is 0. The van der Waals surface area contributed by atoms with E-state index in [2.05, 4.69) is 0 Å². The Kier molecular flexibility index (Phi) is 2.94. The number of carbonyl (C=O) groups is 1. The monoisotopic (exact) mass is 290 g/mol. The summed E-state index contributed by atoms with van der Waals surface area (Å²) >= 11 is 4.94. The highest BCUT2D eigenvalue weighted by Crippen LogP contribution is 2.34. The van der Waals surface area contributed by atoms with Crippen LogP contribution in [0.5, 0.6) is 0 Å². The summed E-state index contributed by atoms with van der Waals surface area (Å²) < 4.78 is 26.5. The van der Waals surface area contributed by atoms with Gasteiger partial charge in [0.05, 0.1) is 0 Å². The van der Waals surface area contributed by atoms with Crippen molar-refractivity contribution >= 4 is 38.9 Å². The summed E-state index contributed by atoms with van der Waals surface area (Å²) in [6.07, 6.45) is 0. The SMILES string of the molecule is O=C(c1c2ccccc2cc2ccccc12)C(F)(F)Cl. The van der Waals surface area contributed by atoms with Gasteiger partial charge in [0.1, 0.15) is 0 Å². The van der Waals surface area contributed by atoms with Gasteiger partial charge < -0.3 is 0 Å². The van der Waals surface area contributed by atoms with E-state index in [-0.39, 0.29) is 5.56 Å². The molecule has 3 aromatic carbocycles. The van der Waals surface area contributed by atoms with Crippen LogP contribution < -0.4 is 0 Å². The van der Waals surface area contributed by atoms with Crippen LogP contribution in [-0.2, 0) is 0 Å². The number of hydrogen-bond acceptors (Lipinski definition) is 1. The Balaban J connectivity index is 2.49. The van der Waals surface area contributed by atoms with E-state index >= 15 is 0 Å². The van der Waals surface area contributed by atoms with Crippen molar-refractivity contribution in [2.24, 2.45) is 0 Å². The van der Waals surface area contributed by atoms with Gasteiger partial charge in [0.2, 0.25) is 5.78 Å². The lowest BCUT2D eigenvalue weighted by Crippen LogP contribution is -2.22. The molecule has 20 heavy (non-hydrogen) atoms. The number of carbonyl (C=O) groups excluding carboxylic acids is 1. The van der Waals surface area contributed by atoms with E-state index in [9.17, 15) is 13.6 Å². The predicted octanol–water partition coefficient (Wildman–Crippen LogP) is 5.01. The Morgan fingerprint density at radius 3 is 1.80 bits per heavy atom. The zero-order chi connectivity index (χ0) is 14.3. The Morgan fingerprint density at radius 1 is 0.900 bits per heavy atom. The van der Waals surface area contributed by atoms with E-state index in [1.54, 1.807) is 48.5 Å². The number of hydrogen-bond donors (Lipinski definition) is 0. The van der Waals surface area contributed by atoms with Gasteiger partial charge >= 0.3 is 5.38 Å². The number of halogens is 3. The van der Waals surface area contributed by atoms with Crippen molar-refractivity contribution in [3.8, 4) is 0 Å². The van der Waals surface area contributed by atoms with Gasteiger partial charge in [0.25, 0.3) is 0 Å². The second kappa shape index (κ2) is 4.53. The molecule has 3 rings (SSSR count). The first-order chi connectivity index (χ1) is 9.48. The maximum atomic E-state index is 13.3. The van der Waals surface area contributed by atoms with Gasteiger partial charge in [-0.15, -0.1) is 0 Å². The number of alkyl halides is 3. The molecule has 0 spiro atoms. The lowest BCUT2D eigenvalue weighted by molar-refractivity contribution is 0.0540. The maximum absolute atomic E-state index is 13.3. The number of fused-ring (bicyclic) bond motifs is 2. The van der Waals surface area contributed by atoms with E-state index in [1.807, 2.05) is 6.07 Å². The third-order valence-corrected chi connectivity index (χ3v) is 3.43. The highest BCUT2D eigenvalue weighted by Gasteiger charge is 2.38. The van der Waals surface area contributed by atoms with Gasteiger partial charge in [-0.1, -0.05) is 48.5 Å². The zero-order valence-electron chi connectivity index (χ0n) is 10.2. The molecular weight excluding hydrogens is 282 g/mol. The van der Waals surface area contributed by atoms with E-state index in [0.29, 0.717) is 10.8 Å². The molecule has 0 unspecified atom stereocenters. The summed E-state index contributed by atoms with van der Waals surface area (Å²) in [6, 6.07) is 15.7. The lowest BCUT2D eigenvalue weighted by Gasteiger charge is -2.13. The Morgan fingerprint density at radius 2 is 1.35 bits per heavy atom. The Hall–Kier alpha value is -2.00. The second-order valence-corrected chi connectivity index (χ2v) is 5.00. The molecule has 0 bridgehead atoms. The standard InChI is InChI=1S/C16H9ClF2O/c17-16(18,19)15(20)14-12-7-3-1-5-10(12)9-11-6-2-4-8-13(11)14/h1-9H. The van der Waals surface area contributed by atoms with Gasteiger partial charge in [0, 0.05) is 5.56 Å². The number of ketones is 1. The zero-order valence-corrected chi connectivity index (χ0v) is 11.0. The molecule has 0 saturated carbocycles. The van der Waals surface area contributed by atoms with Crippen LogP contribution in [0.3, 0.4) is 0 Å². The van der Waals surface area contributed by atoms with Crippen LogP contribution in [0.15, 0.2) is 54.6 Å². The fraction of sp³-hybridized carbons (Fsp3) is 0.0625. The summed E-state index contributed by atoms with van der Waals surface area (Å²) in [4.78, 5) is 12.0. The predicted molar refractivity (Wildman–Crippen MR) is 76.6 cm³/mol. The smallest absolute Gasteiger partial charge is 0.286 e. The number of Topliss-reactive ketones (excluding diaryl/α,β-unsaturated/α-hetero) is 1. The molecule has 0 aliphatic carbocycles. The average Bonchev–Trinajstić information content (AvgIpc) is 2.43. The molecule has 0 amide bonds. The van der Waals surface area contributed by atoms with Crippen LogP contribution in [0, 0.1) is 0 Å². The molecule has 3 aromatic rings. The van der Waals surface area contributed by atoms with Gasteiger partial charge in [-0.25, -0.2) is 0 Å². The van der Waals surface area contributed by atoms with Crippen LogP contribution in [0.1, 0.15) is 10.4 Å². The van der Waals surface area contributed by atoms with E-state index in [4.69, 9.17) is 11.6 Å².